The highest BCUT2D eigenvalue weighted by Gasteiger charge is 2.13. The third-order valence-corrected chi connectivity index (χ3v) is 5.56. The van der Waals surface area contributed by atoms with Crippen molar-refractivity contribution in [3.8, 4) is 5.75 Å². The highest BCUT2D eigenvalue weighted by molar-refractivity contribution is 9.10. The Kier molecular flexibility index (Phi) is 9.76. The highest BCUT2D eigenvalue weighted by atomic mass is 79.9. The van der Waals surface area contributed by atoms with E-state index in [4.69, 9.17) is 4.74 Å². The van der Waals surface area contributed by atoms with E-state index >= 15 is 0 Å². The molecular formula is C27H27BrN4O4. The van der Waals surface area contributed by atoms with Gasteiger partial charge in [0, 0.05) is 22.3 Å². The maximum Gasteiger partial charge on any atom is 0.329 e. The Morgan fingerprint density at radius 3 is 2.39 bits per heavy atom. The van der Waals surface area contributed by atoms with E-state index in [0.717, 1.165) is 10.0 Å². The number of hydrogen-bond acceptors (Lipinski definition) is 5. The van der Waals surface area contributed by atoms with Gasteiger partial charge in [-0.25, -0.2) is 5.43 Å². The monoisotopic (exact) mass is 550 g/mol. The number of hydrogen-bond donors (Lipinski definition) is 3. The lowest BCUT2D eigenvalue weighted by Crippen LogP contribution is -2.37. The quantitative estimate of drug-likeness (QED) is 0.209. The van der Waals surface area contributed by atoms with Crippen LogP contribution in [0.1, 0.15) is 36.5 Å². The maximum absolute atomic E-state index is 12.2. The summed E-state index contributed by atoms with van der Waals surface area (Å²) in [6.07, 6.45) is 1.34. The summed E-state index contributed by atoms with van der Waals surface area (Å²) in [5, 5.41) is 9.16. The summed E-state index contributed by atoms with van der Waals surface area (Å²) in [7, 11) is 0. The summed E-state index contributed by atoms with van der Waals surface area (Å²) in [6.45, 7) is 4.22. The smallest absolute Gasteiger partial charge is 0.329 e. The van der Waals surface area contributed by atoms with Gasteiger partial charge in [0.1, 0.15) is 5.75 Å². The topological polar surface area (TPSA) is 109 Å². The first-order chi connectivity index (χ1) is 17.3. The minimum Gasteiger partial charge on any atom is -0.483 e. The van der Waals surface area contributed by atoms with Crippen LogP contribution in [0.2, 0.25) is 0 Å². The Balaban J connectivity index is 1.51. The van der Waals surface area contributed by atoms with Gasteiger partial charge in [-0.3, -0.25) is 14.4 Å². The van der Waals surface area contributed by atoms with E-state index in [1.54, 1.807) is 30.3 Å². The molecule has 8 nitrogen and oxygen atoms in total. The first kappa shape index (κ1) is 26.6. The fourth-order valence-electron chi connectivity index (χ4n) is 3.11. The number of halogens is 1. The second-order valence-electron chi connectivity index (χ2n) is 8.16. The van der Waals surface area contributed by atoms with E-state index in [9.17, 15) is 14.4 Å². The molecule has 0 unspecified atom stereocenters. The SMILES string of the molecule is CC(C)c1ccc(CNC(=O)C(=O)N/N=C\c2cc(Br)ccc2OCC(=O)Nc2ccccc2)cc1. The number of nitrogens with one attached hydrogen (secondary N) is 3. The summed E-state index contributed by atoms with van der Waals surface area (Å²) in [6, 6.07) is 22.0. The average molecular weight is 551 g/mol. The molecule has 0 aromatic heterocycles. The number of carbonyl (C=O) groups excluding carboxylic acids is 3. The van der Waals surface area contributed by atoms with Crippen LogP contribution in [0.5, 0.6) is 5.75 Å². The molecule has 3 aromatic rings. The lowest BCUT2D eigenvalue weighted by Gasteiger charge is -2.10. The van der Waals surface area contributed by atoms with Gasteiger partial charge in [0.25, 0.3) is 5.91 Å². The van der Waals surface area contributed by atoms with Crippen molar-refractivity contribution in [2.75, 3.05) is 11.9 Å². The van der Waals surface area contributed by atoms with E-state index in [-0.39, 0.29) is 19.1 Å². The summed E-state index contributed by atoms with van der Waals surface area (Å²) in [5.41, 5.74) is 5.45. The Hall–Kier alpha value is -3.98. The fourth-order valence-corrected chi connectivity index (χ4v) is 3.49. The first-order valence-electron chi connectivity index (χ1n) is 11.3. The molecule has 3 rings (SSSR count). The number of hydrazone groups is 1. The molecule has 0 atom stereocenters. The van der Waals surface area contributed by atoms with Gasteiger partial charge in [-0.15, -0.1) is 0 Å². The summed E-state index contributed by atoms with van der Waals surface area (Å²) in [5.74, 6) is -1.22. The molecule has 0 saturated heterocycles. The summed E-state index contributed by atoms with van der Waals surface area (Å²) in [4.78, 5) is 36.4. The van der Waals surface area contributed by atoms with Crippen molar-refractivity contribution in [3.05, 3.63) is 94.0 Å². The van der Waals surface area contributed by atoms with Gasteiger partial charge in [-0.05, 0) is 47.4 Å². The minimum absolute atomic E-state index is 0.218. The molecule has 36 heavy (non-hydrogen) atoms. The molecule has 0 aliphatic carbocycles. The number of ether oxygens (including phenoxy) is 1. The molecule has 0 bridgehead atoms. The van der Waals surface area contributed by atoms with E-state index in [2.05, 4.69) is 50.9 Å². The molecule has 0 aliphatic rings. The molecule has 3 N–H and O–H groups in total. The molecule has 186 valence electrons. The van der Waals surface area contributed by atoms with Crippen LogP contribution in [0.25, 0.3) is 0 Å². The van der Waals surface area contributed by atoms with Gasteiger partial charge in [0.05, 0.1) is 6.21 Å². The van der Waals surface area contributed by atoms with Crippen LogP contribution in [-0.2, 0) is 20.9 Å². The van der Waals surface area contributed by atoms with Crippen LogP contribution >= 0.6 is 15.9 Å². The van der Waals surface area contributed by atoms with Gasteiger partial charge in [0.2, 0.25) is 0 Å². The van der Waals surface area contributed by atoms with Crippen LogP contribution < -0.4 is 20.8 Å². The van der Waals surface area contributed by atoms with E-state index in [0.29, 0.717) is 22.9 Å². The number of carbonyl (C=O) groups is 3. The molecule has 0 spiro atoms. The third kappa shape index (κ3) is 8.35. The van der Waals surface area contributed by atoms with Crippen molar-refractivity contribution in [1.82, 2.24) is 10.7 Å². The van der Waals surface area contributed by atoms with Crippen LogP contribution in [0, 0.1) is 0 Å². The number of nitrogens with zero attached hydrogens (tertiary/aromatic N) is 1. The van der Waals surface area contributed by atoms with Crippen molar-refractivity contribution in [2.24, 2.45) is 5.10 Å². The van der Waals surface area contributed by atoms with Crippen LogP contribution in [0.3, 0.4) is 0 Å². The van der Waals surface area contributed by atoms with E-state index < -0.39 is 11.8 Å². The first-order valence-corrected chi connectivity index (χ1v) is 12.1. The van der Waals surface area contributed by atoms with Crippen molar-refractivity contribution in [1.29, 1.82) is 0 Å². The molecule has 0 fully saturated rings. The molecule has 0 radical (unpaired) electrons. The van der Waals surface area contributed by atoms with Crippen LogP contribution in [0.4, 0.5) is 5.69 Å². The number of rotatable bonds is 9. The third-order valence-electron chi connectivity index (χ3n) is 5.06. The van der Waals surface area contributed by atoms with Gasteiger partial charge in [-0.1, -0.05) is 72.2 Å². The van der Waals surface area contributed by atoms with Crippen molar-refractivity contribution >= 4 is 45.6 Å². The van der Waals surface area contributed by atoms with Crippen LogP contribution in [0.15, 0.2) is 82.4 Å². The fraction of sp³-hybridized carbons (Fsp3) is 0.185. The Bertz CT molecular complexity index is 1230. The minimum atomic E-state index is -0.898. The van der Waals surface area contributed by atoms with Crippen molar-refractivity contribution in [2.45, 2.75) is 26.3 Å². The van der Waals surface area contributed by atoms with Gasteiger partial charge in [-0.2, -0.15) is 5.10 Å². The zero-order chi connectivity index (χ0) is 25.9. The highest BCUT2D eigenvalue weighted by Crippen LogP contribution is 2.22. The zero-order valence-electron chi connectivity index (χ0n) is 20.0. The number of amides is 3. The normalized spacial score (nSPS) is 10.8. The lowest BCUT2D eigenvalue weighted by atomic mass is 10.0. The molecule has 0 saturated carbocycles. The summed E-state index contributed by atoms with van der Waals surface area (Å²) < 4.78 is 6.37. The number of benzene rings is 3. The number of para-hydroxylation sites is 1. The van der Waals surface area contributed by atoms with Crippen LogP contribution in [-0.4, -0.2) is 30.5 Å². The zero-order valence-corrected chi connectivity index (χ0v) is 21.5. The molecule has 3 aromatic carbocycles. The lowest BCUT2D eigenvalue weighted by molar-refractivity contribution is -0.139. The predicted octanol–water partition coefficient (Wildman–Crippen LogP) is 4.36. The maximum atomic E-state index is 12.2. The van der Waals surface area contributed by atoms with Crippen molar-refractivity contribution < 1.29 is 19.1 Å². The second kappa shape index (κ2) is 13.2. The largest absolute Gasteiger partial charge is 0.483 e. The van der Waals surface area contributed by atoms with Gasteiger partial charge >= 0.3 is 11.8 Å². The average Bonchev–Trinajstić information content (AvgIpc) is 2.87. The Labute approximate surface area is 218 Å². The molecule has 3 amide bonds. The molecular weight excluding hydrogens is 524 g/mol. The molecule has 9 heteroatoms. The summed E-state index contributed by atoms with van der Waals surface area (Å²) >= 11 is 3.37. The molecule has 0 aliphatic heterocycles. The van der Waals surface area contributed by atoms with E-state index in [1.807, 2.05) is 42.5 Å². The molecule has 0 heterocycles. The van der Waals surface area contributed by atoms with Gasteiger partial charge in [0.15, 0.2) is 6.61 Å². The Morgan fingerprint density at radius 1 is 0.972 bits per heavy atom. The van der Waals surface area contributed by atoms with Crippen molar-refractivity contribution in [3.63, 3.8) is 0 Å². The predicted molar refractivity (Wildman–Crippen MR) is 143 cm³/mol. The van der Waals surface area contributed by atoms with E-state index in [1.165, 1.54) is 11.8 Å². The second-order valence-corrected chi connectivity index (χ2v) is 9.08. The standard InChI is InChI=1S/C27H27BrN4O4/c1-18(2)20-10-8-19(9-11-20)15-29-26(34)27(35)32-30-16-21-14-22(28)12-13-24(21)36-17-25(33)31-23-6-4-3-5-7-23/h3-14,16,18H,15,17H2,1-2H3,(H,29,34)(H,31,33)(H,32,35)/b30-16-. The van der Waals surface area contributed by atoms with Gasteiger partial charge < -0.3 is 15.4 Å². The Morgan fingerprint density at radius 2 is 1.69 bits per heavy atom. The number of anilines is 1.